The van der Waals surface area contributed by atoms with Crippen molar-refractivity contribution < 1.29 is 0 Å². The van der Waals surface area contributed by atoms with Crippen LogP contribution in [0.1, 0.15) is 24.4 Å². The molecule has 0 amide bonds. The molecule has 1 heterocycles. The van der Waals surface area contributed by atoms with Crippen molar-refractivity contribution in [2.75, 3.05) is 0 Å². The Balaban J connectivity index is 0.000000810. The van der Waals surface area contributed by atoms with Gasteiger partial charge in [0.15, 0.2) is 0 Å². The summed E-state index contributed by atoms with van der Waals surface area (Å²) in [4.78, 5) is 0. The maximum atomic E-state index is 5.56. The van der Waals surface area contributed by atoms with Crippen molar-refractivity contribution in [1.82, 2.24) is 10.2 Å². The molecule has 0 aliphatic rings. The SMILES string of the molecule is Cc1cc([C@@H](C)N)[nH]n1.Cl. The molecule has 0 saturated heterocycles. The molecule has 4 heteroatoms. The molecule has 0 saturated carbocycles. The van der Waals surface area contributed by atoms with E-state index in [1.807, 2.05) is 19.9 Å². The van der Waals surface area contributed by atoms with Gasteiger partial charge in [0, 0.05) is 6.04 Å². The maximum Gasteiger partial charge on any atom is 0.0594 e. The third kappa shape index (κ3) is 2.01. The van der Waals surface area contributed by atoms with Gasteiger partial charge in [-0.15, -0.1) is 12.4 Å². The molecule has 58 valence electrons. The van der Waals surface area contributed by atoms with Crippen molar-refractivity contribution in [3.05, 3.63) is 17.5 Å². The van der Waals surface area contributed by atoms with E-state index >= 15 is 0 Å². The predicted molar refractivity (Wildman–Crippen MR) is 43.2 cm³/mol. The van der Waals surface area contributed by atoms with Gasteiger partial charge >= 0.3 is 0 Å². The van der Waals surface area contributed by atoms with Gasteiger partial charge in [-0.1, -0.05) is 0 Å². The molecule has 10 heavy (non-hydrogen) atoms. The van der Waals surface area contributed by atoms with E-state index in [9.17, 15) is 0 Å². The Morgan fingerprint density at radius 3 is 2.50 bits per heavy atom. The van der Waals surface area contributed by atoms with Gasteiger partial charge in [0.1, 0.15) is 0 Å². The standard InChI is InChI=1S/C6H11N3.ClH/c1-4-3-6(5(2)7)9-8-4;/h3,5H,7H2,1-2H3,(H,8,9);1H/t5-;/m1./s1. The van der Waals surface area contributed by atoms with E-state index in [0.717, 1.165) is 11.4 Å². The summed E-state index contributed by atoms with van der Waals surface area (Å²) in [5, 5.41) is 6.76. The van der Waals surface area contributed by atoms with E-state index in [-0.39, 0.29) is 18.4 Å². The fourth-order valence-corrected chi connectivity index (χ4v) is 0.676. The monoisotopic (exact) mass is 161 g/mol. The number of aromatic nitrogens is 2. The number of hydrogen-bond donors (Lipinski definition) is 2. The minimum absolute atomic E-state index is 0. The molecule has 0 aliphatic heterocycles. The van der Waals surface area contributed by atoms with Gasteiger partial charge in [0.2, 0.25) is 0 Å². The maximum absolute atomic E-state index is 5.56. The second-order valence-corrected chi connectivity index (χ2v) is 2.25. The minimum atomic E-state index is 0. The lowest BCUT2D eigenvalue weighted by atomic mass is 10.2. The Morgan fingerprint density at radius 1 is 1.70 bits per heavy atom. The highest BCUT2D eigenvalue weighted by Crippen LogP contribution is 2.05. The van der Waals surface area contributed by atoms with Crippen molar-refractivity contribution in [3.8, 4) is 0 Å². The van der Waals surface area contributed by atoms with E-state index in [2.05, 4.69) is 10.2 Å². The summed E-state index contributed by atoms with van der Waals surface area (Å²) < 4.78 is 0. The Morgan fingerprint density at radius 2 is 2.30 bits per heavy atom. The summed E-state index contributed by atoms with van der Waals surface area (Å²) >= 11 is 0. The summed E-state index contributed by atoms with van der Waals surface area (Å²) in [6, 6.07) is 2.01. The number of aromatic amines is 1. The first kappa shape index (κ1) is 9.46. The number of H-pyrrole nitrogens is 1. The Hall–Kier alpha value is -0.540. The lowest BCUT2D eigenvalue weighted by Crippen LogP contribution is -2.04. The van der Waals surface area contributed by atoms with Gasteiger partial charge in [-0.3, -0.25) is 5.10 Å². The number of hydrogen-bond acceptors (Lipinski definition) is 2. The summed E-state index contributed by atoms with van der Waals surface area (Å²) in [7, 11) is 0. The highest BCUT2D eigenvalue weighted by atomic mass is 35.5. The van der Waals surface area contributed by atoms with Crippen LogP contribution >= 0.6 is 12.4 Å². The largest absolute Gasteiger partial charge is 0.323 e. The highest BCUT2D eigenvalue weighted by Gasteiger charge is 1.99. The van der Waals surface area contributed by atoms with E-state index in [1.165, 1.54) is 0 Å². The minimum Gasteiger partial charge on any atom is -0.323 e. The summed E-state index contributed by atoms with van der Waals surface area (Å²) in [5.74, 6) is 0. The van der Waals surface area contributed by atoms with Gasteiger partial charge in [-0.2, -0.15) is 5.10 Å². The number of nitrogens with one attached hydrogen (secondary N) is 1. The molecule has 1 aromatic rings. The predicted octanol–water partition coefficient (Wildman–Crippen LogP) is 1.16. The Kier molecular flexibility index (Phi) is 3.39. The molecule has 1 rings (SSSR count). The second kappa shape index (κ2) is 3.58. The normalized spacial score (nSPS) is 12.3. The zero-order valence-electron chi connectivity index (χ0n) is 6.09. The smallest absolute Gasteiger partial charge is 0.0594 e. The molecule has 0 spiro atoms. The van der Waals surface area contributed by atoms with E-state index in [4.69, 9.17) is 5.73 Å². The third-order valence-corrected chi connectivity index (χ3v) is 1.22. The van der Waals surface area contributed by atoms with Crippen molar-refractivity contribution in [2.45, 2.75) is 19.9 Å². The van der Waals surface area contributed by atoms with Crippen molar-refractivity contribution in [1.29, 1.82) is 0 Å². The Labute approximate surface area is 66.4 Å². The number of aryl methyl sites for hydroxylation is 1. The van der Waals surface area contributed by atoms with Crippen LogP contribution in [-0.4, -0.2) is 10.2 Å². The summed E-state index contributed by atoms with van der Waals surface area (Å²) in [6.45, 7) is 3.86. The van der Waals surface area contributed by atoms with Gasteiger partial charge in [-0.05, 0) is 19.9 Å². The van der Waals surface area contributed by atoms with E-state index in [1.54, 1.807) is 0 Å². The first-order valence-electron chi connectivity index (χ1n) is 2.97. The van der Waals surface area contributed by atoms with Crippen molar-refractivity contribution in [3.63, 3.8) is 0 Å². The molecular weight excluding hydrogens is 150 g/mol. The number of rotatable bonds is 1. The van der Waals surface area contributed by atoms with Gasteiger partial charge in [-0.25, -0.2) is 0 Å². The van der Waals surface area contributed by atoms with Crippen molar-refractivity contribution >= 4 is 12.4 Å². The molecule has 0 aliphatic carbocycles. The fraction of sp³-hybridized carbons (Fsp3) is 0.500. The van der Waals surface area contributed by atoms with Crippen molar-refractivity contribution in [2.24, 2.45) is 5.73 Å². The van der Waals surface area contributed by atoms with Gasteiger partial charge < -0.3 is 5.73 Å². The van der Waals surface area contributed by atoms with Crippen LogP contribution in [0.3, 0.4) is 0 Å². The second-order valence-electron chi connectivity index (χ2n) is 2.25. The lowest BCUT2D eigenvalue weighted by Gasteiger charge is -1.96. The highest BCUT2D eigenvalue weighted by molar-refractivity contribution is 5.85. The quantitative estimate of drug-likeness (QED) is 0.650. The van der Waals surface area contributed by atoms with Crippen LogP contribution < -0.4 is 5.73 Å². The molecule has 1 aromatic heterocycles. The molecule has 0 fully saturated rings. The fourth-order valence-electron chi connectivity index (χ4n) is 0.676. The number of nitrogens with two attached hydrogens (primary N) is 1. The number of nitrogens with zero attached hydrogens (tertiary/aromatic N) is 1. The summed E-state index contributed by atoms with van der Waals surface area (Å²) in [6.07, 6.45) is 0. The first-order chi connectivity index (χ1) is 4.20. The van der Waals surface area contributed by atoms with Crippen LogP contribution in [0, 0.1) is 6.92 Å². The Bertz CT molecular complexity index is 195. The van der Waals surface area contributed by atoms with Crippen LogP contribution in [0.25, 0.3) is 0 Å². The van der Waals surface area contributed by atoms with Crippen LogP contribution in [0.4, 0.5) is 0 Å². The molecule has 0 radical (unpaired) electrons. The van der Waals surface area contributed by atoms with Gasteiger partial charge in [0.05, 0.1) is 11.4 Å². The van der Waals surface area contributed by atoms with Crippen LogP contribution in [-0.2, 0) is 0 Å². The molecule has 0 bridgehead atoms. The average molecular weight is 162 g/mol. The molecular formula is C6H12ClN3. The van der Waals surface area contributed by atoms with E-state index in [0.29, 0.717) is 0 Å². The molecule has 0 unspecified atom stereocenters. The number of halogens is 1. The first-order valence-corrected chi connectivity index (χ1v) is 2.97. The zero-order chi connectivity index (χ0) is 6.85. The van der Waals surface area contributed by atoms with Gasteiger partial charge in [0.25, 0.3) is 0 Å². The zero-order valence-corrected chi connectivity index (χ0v) is 6.90. The topological polar surface area (TPSA) is 54.7 Å². The molecule has 3 N–H and O–H groups in total. The van der Waals surface area contributed by atoms with E-state index < -0.39 is 0 Å². The molecule has 0 aromatic carbocycles. The average Bonchev–Trinajstić information content (AvgIpc) is 2.14. The lowest BCUT2D eigenvalue weighted by molar-refractivity contribution is 0.772. The molecule has 1 atom stereocenters. The third-order valence-electron chi connectivity index (χ3n) is 1.22. The van der Waals surface area contributed by atoms with Crippen LogP contribution in [0.2, 0.25) is 0 Å². The van der Waals surface area contributed by atoms with Crippen LogP contribution in [0.5, 0.6) is 0 Å². The molecule has 3 nitrogen and oxygen atoms in total. The van der Waals surface area contributed by atoms with Crippen LogP contribution in [0.15, 0.2) is 6.07 Å². The summed E-state index contributed by atoms with van der Waals surface area (Å²) in [5.41, 5.74) is 7.54.